The predicted octanol–water partition coefficient (Wildman–Crippen LogP) is 1.38. The molecule has 7 nitrogen and oxygen atoms in total. The summed E-state index contributed by atoms with van der Waals surface area (Å²) >= 11 is 0. The standard InChI is InChI=1S/C20H32FN5O2.HI/c1-3-22-20(25-15-16(2)26-9-11-28-12-10-26)24-8-7-23-19(27)14-17-5-4-6-18(21)13-17;/h4-6,13,16H,3,7-12,14-15H2,1-2H3,(H,23,27)(H2,22,24,25);1H. The number of guanidine groups is 1. The number of amides is 1. The molecule has 164 valence electrons. The second-order valence-electron chi connectivity index (χ2n) is 6.80. The number of rotatable bonds is 9. The van der Waals surface area contributed by atoms with Crippen molar-refractivity contribution >= 4 is 35.8 Å². The SMILES string of the molecule is CCNC(=NCC(C)N1CCOCC1)NCCNC(=O)Cc1cccc(F)c1.I. The molecule has 29 heavy (non-hydrogen) atoms. The number of halogens is 2. The van der Waals surface area contributed by atoms with E-state index in [9.17, 15) is 9.18 Å². The highest BCUT2D eigenvalue weighted by Crippen LogP contribution is 2.04. The fourth-order valence-corrected chi connectivity index (χ4v) is 2.98. The lowest BCUT2D eigenvalue weighted by Crippen LogP contribution is -2.45. The monoisotopic (exact) mass is 521 g/mol. The molecule has 1 fully saturated rings. The average Bonchev–Trinajstić information content (AvgIpc) is 2.69. The maximum atomic E-state index is 13.2. The van der Waals surface area contributed by atoms with Crippen molar-refractivity contribution in [2.75, 3.05) is 52.5 Å². The molecule has 0 radical (unpaired) electrons. The van der Waals surface area contributed by atoms with Crippen LogP contribution in [-0.2, 0) is 16.0 Å². The number of carbonyl (C=O) groups excluding carboxylic acids is 1. The van der Waals surface area contributed by atoms with E-state index in [1.807, 2.05) is 6.92 Å². The maximum Gasteiger partial charge on any atom is 0.224 e. The number of morpholine rings is 1. The highest BCUT2D eigenvalue weighted by Gasteiger charge is 2.16. The van der Waals surface area contributed by atoms with Crippen LogP contribution in [-0.4, -0.2) is 75.3 Å². The van der Waals surface area contributed by atoms with Crippen molar-refractivity contribution in [2.24, 2.45) is 4.99 Å². The van der Waals surface area contributed by atoms with Crippen LogP contribution < -0.4 is 16.0 Å². The van der Waals surface area contributed by atoms with Gasteiger partial charge in [-0.1, -0.05) is 12.1 Å². The minimum Gasteiger partial charge on any atom is -0.379 e. The molecule has 0 saturated carbocycles. The van der Waals surface area contributed by atoms with Gasteiger partial charge in [-0.25, -0.2) is 4.39 Å². The van der Waals surface area contributed by atoms with Gasteiger partial charge >= 0.3 is 0 Å². The normalized spacial score (nSPS) is 15.9. The van der Waals surface area contributed by atoms with E-state index in [1.165, 1.54) is 12.1 Å². The minimum atomic E-state index is -0.329. The van der Waals surface area contributed by atoms with Crippen LogP contribution in [0.3, 0.4) is 0 Å². The van der Waals surface area contributed by atoms with E-state index in [-0.39, 0.29) is 42.1 Å². The zero-order chi connectivity index (χ0) is 20.2. The van der Waals surface area contributed by atoms with Crippen LogP contribution in [0.4, 0.5) is 4.39 Å². The molecule has 1 saturated heterocycles. The Balaban J connectivity index is 0.00000420. The summed E-state index contributed by atoms with van der Waals surface area (Å²) < 4.78 is 18.5. The van der Waals surface area contributed by atoms with Crippen LogP contribution in [0.2, 0.25) is 0 Å². The summed E-state index contributed by atoms with van der Waals surface area (Å²) in [6.07, 6.45) is 0.170. The van der Waals surface area contributed by atoms with Crippen LogP contribution in [0.1, 0.15) is 19.4 Å². The number of benzene rings is 1. The zero-order valence-corrected chi connectivity index (χ0v) is 19.6. The molecule has 1 aliphatic rings. The van der Waals surface area contributed by atoms with Gasteiger partial charge in [0.05, 0.1) is 26.2 Å². The van der Waals surface area contributed by atoms with E-state index in [2.05, 4.69) is 32.8 Å². The Kier molecular flexibility index (Phi) is 12.8. The summed E-state index contributed by atoms with van der Waals surface area (Å²) in [4.78, 5) is 19.0. The van der Waals surface area contributed by atoms with E-state index in [0.29, 0.717) is 31.2 Å². The molecule has 1 aromatic rings. The largest absolute Gasteiger partial charge is 0.379 e. The number of carbonyl (C=O) groups is 1. The Hall–Kier alpha value is -1.46. The van der Waals surface area contributed by atoms with Crippen molar-refractivity contribution in [3.05, 3.63) is 35.6 Å². The van der Waals surface area contributed by atoms with E-state index in [0.717, 1.165) is 38.8 Å². The molecule has 3 N–H and O–H groups in total. The molecule has 1 heterocycles. The van der Waals surface area contributed by atoms with Gasteiger partial charge in [-0.2, -0.15) is 0 Å². The second-order valence-corrected chi connectivity index (χ2v) is 6.80. The first-order valence-electron chi connectivity index (χ1n) is 9.93. The van der Waals surface area contributed by atoms with Crippen molar-refractivity contribution in [1.29, 1.82) is 0 Å². The Labute approximate surface area is 189 Å². The molecule has 2 rings (SSSR count). The maximum absolute atomic E-state index is 13.2. The summed E-state index contributed by atoms with van der Waals surface area (Å²) in [5, 5.41) is 9.28. The highest BCUT2D eigenvalue weighted by atomic mass is 127. The quantitative estimate of drug-likeness (QED) is 0.198. The Morgan fingerprint density at radius 1 is 1.24 bits per heavy atom. The number of nitrogens with one attached hydrogen (secondary N) is 3. The molecule has 1 aliphatic heterocycles. The number of hydrogen-bond acceptors (Lipinski definition) is 4. The minimum absolute atomic E-state index is 0. The summed E-state index contributed by atoms with van der Waals surface area (Å²) in [6.45, 7) is 10.1. The number of ether oxygens (including phenoxy) is 1. The summed E-state index contributed by atoms with van der Waals surface area (Å²) in [6, 6.07) is 6.45. The molecule has 1 unspecified atom stereocenters. The van der Waals surface area contributed by atoms with Gasteiger partial charge < -0.3 is 20.7 Å². The number of nitrogens with zero attached hydrogens (tertiary/aromatic N) is 2. The lowest BCUT2D eigenvalue weighted by Gasteiger charge is -2.31. The third-order valence-corrected chi connectivity index (χ3v) is 4.52. The zero-order valence-electron chi connectivity index (χ0n) is 17.2. The van der Waals surface area contributed by atoms with E-state index < -0.39 is 0 Å². The predicted molar refractivity (Wildman–Crippen MR) is 124 cm³/mol. The van der Waals surface area contributed by atoms with Gasteiger partial charge in [0, 0.05) is 38.8 Å². The highest BCUT2D eigenvalue weighted by molar-refractivity contribution is 14.0. The molecule has 0 aromatic heterocycles. The average molecular weight is 521 g/mol. The molecule has 1 atom stereocenters. The van der Waals surface area contributed by atoms with E-state index in [1.54, 1.807) is 12.1 Å². The van der Waals surface area contributed by atoms with Crippen LogP contribution in [0, 0.1) is 5.82 Å². The van der Waals surface area contributed by atoms with Gasteiger partial charge in [0.2, 0.25) is 5.91 Å². The van der Waals surface area contributed by atoms with Gasteiger partial charge in [0.25, 0.3) is 0 Å². The number of hydrogen-bond donors (Lipinski definition) is 3. The first-order chi connectivity index (χ1) is 13.6. The number of aliphatic imine (C=N–C) groups is 1. The van der Waals surface area contributed by atoms with Crippen LogP contribution in [0.15, 0.2) is 29.3 Å². The summed E-state index contributed by atoms with van der Waals surface area (Å²) in [5.74, 6) is 0.280. The molecule has 0 aliphatic carbocycles. The first kappa shape index (κ1) is 25.6. The second kappa shape index (κ2) is 14.5. The van der Waals surface area contributed by atoms with Crippen molar-refractivity contribution < 1.29 is 13.9 Å². The van der Waals surface area contributed by atoms with Crippen molar-refractivity contribution in [3.8, 4) is 0 Å². The van der Waals surface area contributed by atoms with Gasteiger partial charge in [-0.05, 0) is 31.5 Å². The molecule has 0 spiro atoms. The first-order valence-corrected chi connectivity index (χ1v) is 9.93. The van der Waals surface area contributed by atoms with E-state index >= 15 is 0 Å². The molecule has 9 heteroatoms. The van der Waals surface area contributed by atoms with Gasteiger partial charge in [0.15, 0.2) is 5.96 Å². The van der Waals surface area contributed by atoms with E-state index in [4.69, 9.17) is 4.74 Å². The molecular weight excluding hydrogens is 488 g/mol. The van der Waals surface area contributed by atoms with Crippen LogP contribution in [0.25, 0.3) is 0 Å². The van der Waals surface area contributed by atoms with Gasteiger partial charge in [-0.3, -0.25) is 14.7 Å². The van der Waals surface area contributed by atoms with Gasteiger partial charge in [0.1, 0.15) is 5.82 Å². The third kappa shape index (κ3) is 10.2. The van der Waals surface area contributed by atoms with Crippen molar-refractivity contribution in [2.45, 2.75) is 26.3 Å². The fraction of sp³-hybridized carbons (Fsp3) is 0.600. The third-order valence-electron chi connectivity index (χ3n) is 4.52. The van der Waals surface area contributed by atoms with Crippen LogP contribution >= 0.6 is 24.0 Å². The van der Waals surface area contributed by atoms with Crippen molar-refractivity contribution in [3.63, 3.8) is 0 Å². The molecule has 0 bridgehead atoms. The fourth-order valence-electron chi connectivity index (χ4n) is 2.98. The molecule has 1 aromatic carbocycles. The Morgan fingerprint density at radius 3 is 2.66 bits per heavy atom. The molecule has 1 amide bonds. The lowest BCUT2D eigenvalue weighted by atomic mass is 10.1. The molecular formula is C20H33FIN5O2. The Morgan fingerprint density at radius 2 is 1.97 bits per heavy atom. The summed E-state index contributed by atoms with van der Waals surface area (Å²) in [7, 11) is 0. The van der Waals surface area contributed by atoms with Crippen LogP contribution in [0.5, 0.6) is 0 Å². The topological polar surface area (TPSA) is 78.0 Å². The van der Waals surface area contributed by atoms with Gasteiger partial charge in [-0.15, -0.1) is 24.0 Å². The smallest absolute Gasteiger partial charge is 0.224 e. The summed E-state index contributed by atoms with van der Waals surface area (Å²) in [5.41, 5.74) is 0.664. The van der Waals surface area contributed by atoms with Crippen molar-refractivity contribution in [1.82, 2.24) is 20.9 Å². The lowest BCUT2D eigenvalue weighted by molar-refractivity contribution is -0.120. The Bertz CT molecular complexity index is 641.